The highest BCUT2D eigenvalue weighted by molar-refractivity contribution is 7.17. The standard InChI is InChI=1S/C16H16FN7O2S/c17-5-10(6-18)8-24-16(26)23(9-22-24)15-21-7-13(27-15)11-1-2-20-12(3-11)4-14(19)25/h1-3,5,7,9H,4,6,8,18H2,(H2,19,25)/b10-5+. The second-order valence-electron chi connectivity index (χ2n) is 5.60. The zero-order valence-corrected chi connectivity index (χ0v) is 14.9. The number of primary amides is 1. The van der Waals surface area contributed by atoms with Crippen LogP contribution in [0.3, 0.4) is 0 Å². The first kappa shape index (κ1) is 18.6. The lowest BCUT2D eigenvalue weighted by Crippen LogP contribution is -2.25. The first-order valence-corrected chi connectivity index (χ1v) is 8.66. The molecule has 0 radical (unpaired) electrons. The predicted octanol–water partition coefficient (Wildman–Crippen LogP) is 0.392. The Morgan fingerprint density at radius 1 is 1.37 bits per heavy atom. The molecular weight excluding hydrogens is 373 g/mol. The van der Waals surface area contributed by atoms with Crippen LogP contribution in [-0.2, 0) is 17.8 Å². The van der Waals surface area contributed by atoms with Crippen LogP contribution < -0.4 is 17.2 Å². The fourth-order valence-corrected chi connectivity index (χ4v) is 3.21. The number of amides is 1. The van der Waals surface area contributed by atoms with E-state index >= 15 is 0 Å². The summed E-state index contributed by atoms with van der Waals surface area (Å²) in [5, 5.41) is 4.38. The topological polar surface area (TPSA) is 135 Å². The molecule has 0 aliphatic carbocycles. The molecule has 0 bridgehead atoms. The molecule has 0 aromatic carbocycles. The summed E-state index contributed by atoms with van der Waals surface area (Å²) >= 11 is 1.27. The molecule has 3 rings (SSSR count). The van der Waals surface area contributed by atoms with E-state index in [2.05, 4.69) is 15.1 Å². The van der Waals surface area contributed by atoms with Crippen molar-refractivity contribution >= 4 is 17.2 Å². The van der Waals surface area contributed by atoms with Gasteiger partial charge in [-0.2, -0.15) is 5.10 Å². The Kier molecular flexibility index (Phi) is 5.52. The lowest BCUT2D eigenvalue weighted by molar-refractivity contribution is -0.117. The van der Waals surface area contributed by atoms with E-state index in [9.17, 15) is 14.0 Å². The van der Waals surface area contributed by atoms with Gasteiger partial charge >= 0.3 is 5.69 Å². The number of hydrogen-bond acceptors (Lipinski definition) is 7. The number of halogens is 1. The Bertz CT molecular complexity index is 1050. The van der Waals surface area contributed by atoms with Crippen molar-refractivity contribution in [2.75, 3.05) is 6.54 Å². The van der Waals surface area contributed by atoms with Crippen molar-refractivity contribution in [2.45, 2.75) is 13.0 Å². The summed E-state index contributed by atoms with van der Waals surface area (Å²) in [7, 11) is 0. The molecule has 9 nitrogen and oxygen atoms in total. The van der Waals surface area contributed by atoms with Crippen LogP contribution in [0.5, 0.6) is 0 Å². The molecule has 140 valence electrons. The lowest BCUT2D eigenvalue weighted by atomic mass is 10.2. The third kappa shape index (κ3) is 4.15. The number of carbonyl (C=O) groups is 1. The zero-order valence-electron chi connectivity index (χ0n) is 14.1. The van der Waals surface area contributed by atoms with Crippen molar-refractivity contribution in [1.82, 2.24) is 24.3 Å². The Morgan fingerprint density at radius 2 is 2.19 bits per heavy atom. The molecule has 1 amide bonds. The third-order valence-corrected chi connectivity index (χ3v) is 4.70. The van der Waals surface area contributed by atoms with Crippen LogP contribution in [-0.4, -0.2) is 36.8 Å². The van der Waals surface area contributed by atoms with Gasteiger partial charge in [0.2, 0.25) is 5.91 Å². The number of carbonyl (C=O) groups excluding carboxylic acids is 1. The van der Waals surface area contributed by atoms with Crippen LogP contribution in [0.2, 0.25) is 0 Å². The third-order valence-electron chi connectivity index (χ3n) is 3.66. The number of pyridine rings is 1. The number of thiazole rings is 1. The molecule has 0 saturated heterocycles. The van der Waals surface area contributed by atoms with Gasteiger partial charge in [-0.05, 0) is 23.3 Å². The van der Waals surface area contributed by atoms with E-state index in [1.165, 1.54) is 22.2 Å². The molecule has 0 spiro atoms. The second-order valence-corrected chi connectivity index (χ2v) is 6.61. The van der Waals surface area contributed by atoms with E-state index in [4.69, 9.17) is 11.5 Å². The summed E-state index contributed by atoms with van der Waals surface area (Å²) in [5.41, 5.74) is 11.8. The summed E-state index contributed by atoms with van der Waals surface area (Å²) in [5.74, 6) is -0.470. The fourth-order valence-electron chi connectivity index (χ4n) is 2.33. The molecule has 0 atom stereocenters. The van der Waals surface area contributed by atoms with E-state index in [1.807, 2.05) is 0 Å². The van der Waals surface area contributed by atoms with Gasteiger partial charge in [0.15, 0.2) is 5.13 Å². The minimum absolute atomic E-state index is 0.00706. The Balaban J connectivity index is 1.88. The summed E-state index contributed by atoms with van der Waals surface area (Å²) in [6.07, 6.45) is 4.93. The first-order valence-electron chi connectivity index (χ1n) is 7.84. The van der Waals surface area contributed by atoms with Crippen molar-refractivity contribution < 1.29 is 9.18 Å². The molecule has 0 aliphatic heterocycles. The van der Waals surface area contributed by atoms with Crippen LogP contribution in [0.25, 0.3) is 15.6 Å². The molecule has 0 aliphatic rings. The van der Waals surface area contributed by atoms with Crippen LogP contribution >= 0.6 is 11.3 Å². The monoisotopic (exact) mass is 389 g/mol. The summed E-state index contributed by atoms with van der Waals surface area (Å²) in [6, 6.07) is 3.52. The average molecular weight is 389 g/mol. The summed E-state index contributed by atoms with van der Waals surface area (Å²) in [6.45, 7) is -0.0369. The SMILES string of the molecule is NC/C(=C\F)Cn1ncn(-c2ncc(-c3ccnc(CC(N)=O)c3)s2)c1=O. The van der Waals surface area contributed by atoms with E-state index in [1.54, 1.807) is 24.5 Å². The van der Waals surface area contributed by atoms with E-state index in [0.29, 0.717) is 17.2 Å². The Morgan fingerprint density at radius 3 is 2.89 bits per heavy atom. The fraction of sp³-hybridized carbons (Fsp3) is 0.188. The molecule has 3 aromatic heterocycles. The normalized spacial score (nSPS) is 11.7. The highest BCUT2D eigenvalue weighted by atomic mass is 32.1. The second kappa shape index (κ2) is 8.01. The van der Waals surface area contributed by atoms with Gasteiger partial charge in [-0.25, -0.2) is 23.4 Å². The molecule has 3 heterocycles. The maximum absolute atomic E-state index is 12.7. The van der Waals surface area contributed by atoms with Crippen LogP contribution in [0.15, 0.2) is 47.6 Å². The smallest absolute Gasteiger partial charge is 0.352 e. The van der Waals surface area contributed by atoms with Gasteiger partial charge in [0, 0.05) is 18.9 Å². The quantitative estimate of drug-likeness (QED) is 0.600. The van der Waals surface area contributed by atoms with Gasteiger partial charge in [-0.3, -0.25) is 9.78 Å². The van der Waals surface area contributed by atoms with E-state index < -0.39 is 11.6 Å². The van der Waals surface area contributed by atoms with Crippen LogP contribution in [0, 0.1) is 0 Å². The maximum atomic E-state index is 12.7. The molecule has 0 saturated carbocycles. The van der Waals surface area contributed by atoms with Gasteiger partial charge < -0.3 is 11.5 Å². The van der Waals surface area contributed by atoms with Crippen molar-refractivity contribution in [1.29, 1.82) is 0 Å². The Labute approximate surface area is 156 Å². The van der Waals surface area contributed by atoms with Gasteiger partial charge in [0.05, 0.1) is 29.9 Å². The highest BCUT2D eigenvalue weighted by Crippen LogP contribution is 2.27. The molecule has 0 unspecified atom stereocenters. The maximum Gasteiger partial charge on any atom is 0.352 e. The van der Waals surface area contributed by atoms with Crippen molar-refractivity contribution in [3.8, 4) is 15.6 Å². The highest BCUT2D eigenvalue weighted by Gasteiger charge is 2.13. The Hall–Kier alpha value is -3.18. The summed E-state index contributed by atoms with van der Waals surface area (Å²) in [4.78, 5) is 32.6. The minimum Gasteiger partial charge on any atom is -0.369 e. The molecular formula is C16H16FN7O2S. The largest absolute Gasteiger partial charge is 0.369 e. The molecule has 3 aromatic rings. The van der Waals surface area contributed by atoms with Crippen molar-refractivity contribution in [3.05, 3.63) is 58.9 Å². The van der Waals surface area contributed by atoms with Gasteiger partial charge in [-0.1, -0.05) is 11.3 Å². The zero-order chi connectivity index (χ0) is 19.4. The molecule has 4 N–H and O–H groups in total. The van der Waals surface area contributed by atoms with E-state index in [-0.39, 0.29) is 25.1 Å². The van der Waals surface area contributed by atoms with Crippen molar-refractivity contribution in [3.63, 3.8) is 0 Å². The minimum atomic E-state index is -0.470. The number of nitrogens with two attached hydrogens (primary N) is 2. The number of aromatic nitrogens is 5. The lowest BCUT2D eigenvalue weighted by Gasteiger charge is -2.01. The van der Waals surface area contributed by atoms with Gasteiger partial charge in [0.1, 0.15) is 6.33 Å². The number of nitrogens with zero attached hydrogens (tertiary/aromatic N) is 5. The predicted molar refractivity (Wildman–Crippen MR) is 97.9 cm³/mol. The summed E-state index contributed by atoms with van der Waals surface area (Å²) < 4.78 is 15.0. The molecule has 0 fully saturated rings. The van der Waals surface area contributed by atoms with Crippen molar-refractivity contribution in [2.24, 2.45) is 11.5 Å². The first-order chi connectivity index (χ1) is 13.0. The molecule has 27 heavy (non-hydrogen) atoms. The average Bonchev–Trinajstić information content (AvgIpc) is 3.26. The number of hydrogen-bond donors (Lipinski definition) is 2. The van der Waals surface area contributed by atoms with Crippen LogP contribution in [0.4, 0.5) is 4.39 Å². The van der Waals surface area contributed by atoms with Crippen LogP contribution in [0.1, 0.15) is 5.69 Å². The van der Waals surface area contributed by atoms with E-state index in [0.717, 1.165) is 15.1 Å². The van der Waals surface area contributed by atoms with Gasteiger partial charge in [0.25, 0.3) is 0 Å². The van der Waals surface area contributed by atoms with Gasteiger partial charge in [-0.15, -0.1) is 0 Å². The molecule has 11 heteroatoms. The number of rotatable bonds is 7.